The van der Waals surface area contributed by atoms with E-state index in [-0.39, 0.29) is 16.8 Å². The standard InChI is InChI=1S/C25H16F3NO5/c26-25(27,28)16-4-3-5-17(13-16)29-23(32)20-7-2-1-6-19(20)21(24(29)33)12-15-8-10-18(11-9-15)34-14-22(30)31/h1-13H,14H2,(H,30,31)/b21-12+. The van der Waals surface area contributed by atoms with Crippen LogP contribution in [0.1, 0.15) is 27.0 Å². The van der Waals surface area contributed by atoms with Crippen molar-refractivity contribution in [3.63, 3.8) is 0 Å². The number of anilines is 1. The molecule has 1 aliphatic rings. The summed E-state index contributed by atoms with van der Waals surface area (Å²) in [5.74, 6) is -2.32. The number of imide groups is 1. The Morgan fingerprint density at radius 3 is 2.24 bits per heavy atom. The Hall–Kier alpha value is -4.40. The number of ether oxygens (including phenoxy) is 1. The second-order valence-corrected chi connectivity index (χ2v) is 7.35. The van der Waals surface area contributed by atoms with Crippen LogP contribution in [0.15, 0.2) is 72.8 Å². The Kier molecular flexibility index (Phi) is 5.93. The average molecular weight is 467 g/mol. The summed E-state index contributed by atoms with van der Waals surface area (Å²) in [6, 6.07) is 16.6. The van der Waals surface area contributed by atoms with Crippen LogP contribution in [0.2, 0.25) is 0 Å². The summed E-state index contributed by atoms with van der Waals surface area (Å²) in [5.41, 5.74) is 0.0136. The molecule has 0 bridgehead atoms. The van der Waals surface area contributed by atoms with Crippen molar-refractivity contribution >= 4 is 35.1 Å². The molecule has 4 rings (SSSR count). The predicted molar refractivity (Wildman–Crippen MR) is 117 cm³/mol. The minimum absolute atomic E-state index is 0.117. The predicted octanol–water partition coefficient (Wildman–Crippen LogP) is 4.90. The third-order valence-corrected chi connectivity index (χ3v) is 5.07. The van der Waals surface area contributed by atoms with Gasteiger partial charge in [0.25, 0.3) is 11.8 Å². The molecule has 6 nitrogen and oxygen atoms in total. The molecule has 0 spiro atoms. The highest BCUT2D eigenvalue weighted by molar-refractivity contribution is 6.43. The molecule has 9 heteroatoms. The van der Waals surface area contributed by atoms with Gasteiger partial charge in [-0.25, -0.2) is 9.69 Å². The Bertz CT molecular complexity index is 1310. The van der Waals surface area contributed by atoms with E-state index in [9.17, 15) is 27.6 Å². The summed E-state index contributed by atoms with van der Waals surface area (Å²) in [4.78, 5) is 37.8. The van der Waals surface area contributed by atoms with Gasteiger partial charge in [-0.1, -0.05) is 36.4 Å². The van der Waals surface area contributed by atoms with E-state index in [0.29, 0.717) is 16.9 Å². The molecule has 0 saturated heterocycles. The van der Waals surface area contributed by atoms with Gasteiger partial charge in [0.05, 0.1) is 11.3 Å². The van der Waals surface area contributed by atoms with Crippen LogP contribution in [-0.4, -0.2) is 29.5 Å². The number of halogens is 3. The first kappa shape index (κ1) is 22.8. The van der Waals surface area contributed by atoms with Crippen molar-refractivity contribution in [2.75, 3.05) is 11.5 Å². The fraction of sp³-hybridized carbons (Fsp3) is 0.0800. The third kappa shape index (κ3) is 4.54. The van der Waals surface area contributed by atoms with Gasteiger partial charge in [-0.15, -0.1) is 0 Å². The van der Waals surface area contributed by atoms with Crippen LogP contribution < -0.4 is 9.64 Å². The zero-order valence-corrected chi connectivity index (χ0v) is 17.4. The SMILES string of the molecule is O=C(O)COc1ccc(/C=C2/C(=O)N(c3cccc(C(F)(F)F)c3)C(=O)c3ccccc32)cc1. The van der Waals surface area contributed by atoms with Crippen molar-refractivity contribution in [3.8, 4) is 5.75 Å². The first-order valence-electron chi connectivity index (χ1n) is 9.97. The molecule has 0 unspecified atom stereocenters. The number of carbonyl (C=O) groups excluding carboxylic acids is 2. The van der Waals surface area contributed by atoms with E-state index in [1.54, 1.807) is 30.3 Å². The second kappa shape index (κ2) is 8.86. The molecule has 0 saturated carbocycles. The zero-order chi connectivity index (χ0) is 24.5. The lowest BCUT2D eigenvalue weighted by Gasteiger charge is -2.29. The third-order valence-electron chi connectivity index (χ3n) is 5.07. The number of carboxylic acids is 1. The summed E-state index contributed by atoms with van der Waals surface area (Å²) in [6.45, 7) is -0.514. The Balaban J connectivity index is 1.76. The van der Waals surface area contributed by atoms with Gasteiger partial charge in [0.1, 0.15) is 5.75 Å². The minimum atomic E-state index is -4.64. The van der Waals surface area contributed by atoms with Crippen molar-refractivity contribution in [3.05, 3.63) is 95.1 Å². The minimum Gasteiger partial charge on any atom is -0.482 e. The van der Waals surface area contributed by atoms with Gasteiger partial charge in [-0.05, 0) is 53.6 Å². The van der Waals surface area contributed by atoms with Gasteiger partial charge in [0, 0.05) is 11.1 Å². The molecule has 1 N–H and O–H groups in total. The quantitative estimate of drug-likeness (QED) is 0.427. The Morgan fingerprint density at radius 2 is 1.59 bits per heavy atom. The van der Waals surface area contributed by atoms with Crippen LogP contribution in [0.5, 0.6) is 5.75 Å². The molecule has 2 amide bonds. The lowest BCUT2D eigenvalue weighted by Crippen LogP contribution is -2.41. The fourth-order valence-corrected chi connectivity index (χ4v) is 3.52. The highest BCUT2D eigenvalue weighted by atomic mass is 19.4. The molecule has 1 heterocycles. The van der Waals surface area contributed by atoms with Gasteiger partial charge < -0.3 is 9.84 Å². The number of benzene rings is 3. The van der Waals surface area contributed by atoms with Crippen molar-refractivity contribution in [2.24, 2.45) is 0 Å². The van der Waals surface area contributed by atoms with Gasteiger partial charge in [0.2, 0.25) is 0 Å². The van der Waals surface area contributed by atoms with Crippen LogP contribution in [0, 0.1) is 0 Å². The number of carboxylic acid groups (broad SMARTS) is 1. The number of aliphatic carboxylic acids is 1. The van der Waals surface area contributed by atoms with Gasteiger partial charge in [0.15, 0.2) is 6.61 Å². The number of fused-ring (bicyclic) bond motifs is 1. The summed E-state index contributed by atoms with van der Waals surface area (Å²) in [6.07, 6.45) is -3.13. The van der Waals surface area contributed by atoms with Crippen molar-refractivity contribution < 1.29 is 37.4 Å². The number of carbonyl (C=O) groups is 3. The summed E-state index contributed by atoms with van der Waals surface area (Å²) in [7, 11) is 0. The van der Waals surface area contributed by atoms with E-state index in [1.165, 1.54) is 30.3 Å². The maximum Gasteiger partial charge on any atom is 0.416 e. The van der Waals surface area contributed by atoms with E-state index in [1.807, 2.05) is 0 Å². The van der Waals surface area contributed by atoms with E-state index in [2.05, 4.69) is 0 Å². The molecule has 3 aromatic rings. The zero-order valence-electron chi connectivity index (χ0n) is 17.4. The Labute approximate surface area is 191 Å². The largest absolute Gasteiger partial charge is 0.482 e. The fourth-order valence-electron chi connectivity index (χ4n) is 3.52. The molecule has 172 valence electrons. The average Bonchev–Trinajstić information content (AvgIpc) is 2.81. The lowest BCUT2D eigenvalue weighted by atomic mass is 9.91. The molecule has 0 aliphatic carbocycles. The van der Waals surface area contributed by atoms with Crippen molar-refractivity contribution in [2.45, 2.75) is 6.18 Å². The molecule has 0 atom stereocenters. The van der Waals surface area contributed by atoms with E-state index in [4.69, 9.17) is 9.84 Å². The highest BCUT2D eigenvalue weighted by Crippen LogP contribution is 2.36. The summed E-state index contributed by atoms with van der Waals surface area (Å²) >= 11 is 0. The molecular formula is C25H16F3NO5. The van der Waals surface area contributed by atoms with Crippen LogP contribution in [0.4, 0.5) is 18.9 Å². The summed E-state index contributed by atoms with van der Waals surface area (Å²) < 4.78 is 44.8. The van der Waals surface area contributed by atoms with Crippen LogP contribution in [-0.2, 0) is 15.8 Å². The monoisotopic (exact) mass is 467 g/mol. The highest BCUT2D eigenvalue weighted by Gasteiger charge is 2.37. The van der Waals surface area contributed by atoms with Crippen LogP contribution in [0.25, 0.3) is 11.6 Å². The maximum absolute atomic E-state index is 13.4. The number of nitrogens with zero attached hydrogens (tertiary/aromatic N) is 1. The molecule has 3 aromatic carbocycles. The first-order chi connectivity index (χ1) is 16.1. The van der Waals surface area contributed by atoms with E-state index < -0.39 is 36.1 Å². The molecule has 0 aromatic heterocycles. The number of alkyl halides is 3. The number of rotatable bonds is 5. The number of hydrogen-bond acceptors (Lipinski definition) is 4. The van der Waals surface area contributed by atoms with Crippen molar-refractivity contribution in [1.29, 1.82) is 0 Å². The molecule has 1 aliphatic heterocycles. The van der Waals surface area contributed by atoms with Crippen LogP contribution in [0.3, 0.4) is 0 Å². The number of amides is 2. The molecule has 34 heavy (non-hydrogen) atoms. The first-order valence-corrected chi connectivity index (χ1v) is 9.97. The second-order valence-electron chi connectivity index (χ2n) is 7.35. The van der Waals surface area contributed by atoms with Crippen LogP contribution >= 0.6 is 0 Å². The molecular weight excluding hydrogens is 451 g/mol. The van der Waals surface area contributed by atoms with E-state index >= 15 is 0 Å². The Morgan fingerprint density at radius 1 is 0.912 bits per heavy atom. The van der Waals surface area contributed by atoms with E-state index in [0.717, 1.165) is 23.1 Å². The smallest absolute Gasteiger partial charge is 0.416 e. The topological polar surface area (TPSA) is 83.9 Å². The van der Waals surface area contributed by atoms with Gasteiger partial charge in [-0.2, -0.15) is 13.2 Å². The maximum atomic E-state index is 13.4. The van der Waals surface area contributed by atoms with Gasteiger partial charge in [-0.3, -0.25) is 9.59 Å². The number of hydrogen-bond donors (Lipinski definition) is 1. The summed E-state index contributed by atoms with van der Waals surface area (Å²) in [5, 5.41) is 8.70. The molecule has 0 fully saturated rings. The van der Waals surface area contributed by atoms with Crippen molar-refractivity contribution in [1.82, 2.24) is 0 Å². The lowest BCUT2D eigenvalue weighted by molar-refractivity contribution is -0.139. The molecule has 0 radical (unpaired) electrons. The van der Waals surface area contributed by atoms with Gasteiger partial charge >= 0.3 is 12.1 Å². The normalized spacial score (nSPS) is 14.8.